The highest BCUT2D eigenvalue weighted by molar-refractivity contribution is 7.91. The van der Waals surface area contributed by atoms with E-state index in [1.807, 2.05) is 0 Å². The van der Waals surface area contributed by atoms with E-state index in [1.54, 1.807) is 63.2 Å². The van der Waals surface area contributed by atoms with E-state index in [0.717, 1.165) is 0 Å². The summed E-state index contributed by atoms with van der Waals surface area (Å²) in [6.07, 6.45) is 0.843. The first-order valence-electron chi connectivity index (χ1n) is 9.87. The normalized spacial score (nSPS) is 14.0. The molecular weight excluding hydrogens is 418 g/mol. The van der Waals surface area contributed by atoms with Crippen LogP contribution < -0.4 is 14.8 Å². The molecular formula is C23H31NO6S. The monoisotopic (exact) mass is 449 g/mol. The lowest BCUT2D eigenvalue weighted by Gasteiger charge is -2.19. The molecule has 0 bridgehead atoms. The SMILES string of the molecule is C.CC(C)(C)OC(=O)NCCCCOc1cccc2c1S(=O)(=O)c1ccccc1CO2. The first-order valence-corrected chi connectivity index (χ1v) is 11.4. The Kier molecular flexibility index (Phi) is 7.95. The van der Waals surface area contributed by atoms with Gasteiger partial charge < -0.3 is 19.5 Å². The van der Waals surface area contributed by atoms with Crippen LogP contribution in [0.5, 0.6) is 11.5 Å². The van der Waals surface area contributed by atoms with E-state index in [9.17, 15) is 13.2 Å². The fourth-order valence-corrected chi connectivity index (χ4v) is 4.79. The Morgan fingerprint density at radius 3 is 2.58 bits per heavy atom. The number of carbonyl (C=O) groups is 1. The maximum Gasteiger partial charge on any atom is 0.407 e. The highest BCUT2D eigenvalue weighted by Gasteiger charge is 2.31. The molecule has 2 aromatic rings. The molecule has 0 saturated heterocycles. The maximum absolute atomic E-state index is 13.2. The Morgan fingerprint density at radius 2 is 1.84 bits per heavy atom. The van der Waals surface area contributed by atoms with Gasteiger partial charge >= 0.3 is 6.09 Å². The van der Waals surface area contributed by atoms with Crippen molar-refractivity contribution in [2.24, 2.45) is 0 Å². The average Bonchev–Trinajstić information content (AvgIpc) is 2.78. The summed E-state index contributed by atoms with van der Waals surface area (Å²) in [4.78, 5) is 11.9. The second kappa shape index (κ2) is 10.0. The van der Waals surface area contributed by atoms with Gasteiger partial charge in [0.05, 0.1) is 11.5 Å². The molecule has 0 radical (unpaired) electrons. The minimum atomic E-state index is -3.77. The average molecular weight is 450 g/mol. The van der Waals surface area contributed by atoms with Gasteiger partial charge in [-0.1, -0.05) is 31.7 Å². The number of sulfone groups is 1. The summed E-state index contributed by atoms with van der Waals surface area (Å²) < 4.78 is 43.2. The van der Waals surface area contributed by atoms with Crippen LogP contribution in [0, 0.1) is 0 Å². The Hall–Kier alpha value is -2.74. The van der Waals surface area contributed by atoms with Crippen molar-refractivity contribution in [2.75, 3.05) is 13.2 Å². The number of benzene rings is 2. The molecule has 0 aliphatic carbocycles. The van der Waals surface area contributed by atoms with Crippen molar-refractivity contribution in [3.8, 4) is 11.5 Å². The molecule has 1 N–H and O–H groups in total. The van der Waals surface area contributed by atoms with Crippen molar-refractivity contribution in [1.82, 2.24) is 5.32 Å². The second-order valence-corrected chi connectivity index (χ2v) is 9.82. The zero-order valence-electron chi connectivity index (χ0n) is 17.4. The molecule has 1 aliphatic heterocycles. The second-order valence-electron chi connectivity index (χ2n) is 7.97. The molecule has 1 heterocycles. The summed E-state index contributed by atoms with van der Waals surface area (Å²) in [7, 11) is -3.77. The van der Waals surface area contributed by atoms with Crippen LogP contribution in [0.2, 0.25) is 0 Å². The third-order valence-electron chi connectivity index (χ3n) is 4.35. The summed E-state index contributed by atoms with van der Waals surface area (Å²) >= 11 is 0. The molecule has 0 atom stereocenters. The predicted molar refractivity (Wildman–Crippen MR) is 118 cm³/mol. The number of hydrogen-bond acceptors (Lipinski definition) is 6. The fraction of sp³-hybridized carbons (Fsp3) is 0.435. The number of nitrogens with one attached hydrogen (secondary N) is 1. The van der Waals surface area contributed by atoms with Crippen molar-refractivity contribution in [3.05, 3.63) is 48.0 Å². The van der Waals surface area contributed by atoms with Crippen molar-refractivity contribution in [2.45, 2.75) is 63.0 Å². The lowest BCUT2D eigenvalue weighted by atomic mass is 10.2. The molecule has 0 unspecified atom stereocenters. The van der Waals surface area contributed by atoms with Gasteiger partial charge in [0.2, 0.25) is 9.84 Å². The standard InChI is InChI=1S/C22H27NO6S.CH4/c1-22(2,3)29-21(24)23-13-6-7-14-27-17-10-8-11-18-20(17)30(25,26)19-12-5-4-9-16(19)15-28-18;/h4-5,8-12H,6-7,13-15H2,1-3H3,(H,23,24);1H4. The molecule has 0 spiro atoms. The van der Waals surface area contributed by atoms with E-state index >= 15 is 0 Å². The van der Waals surface area contributed by atoms with Crippen molar-refractivity contribution < 1.29 is 27.4 Å². The van der Waals surface area contributed by atoms with Crippen LogP contribution in [0.3, 0.4) is 0 Å². The number of unbranched alkanes of at least 4 members (excludes halogenated alkanes) is 1. The molecule has 0 saturated carbocycles. The number of fused-ring (bicyclic) bond motifs is 2. The van der Waals surface area contributed by atoms with E-state index in [0.29, 0.717) is 31.6 Å². The fourth-order valence-electron chi connectivity index (χ4n) is 3.05. The number of ether oxygens (including phenoxy) is 3. The van der Waals surface area contributed by atoms with Gasteiger partial charge in [0.25, 0.3) is 0 Å². The van der Waals surface area contributed by atoms with Crippen LogP contribution in [0.4, 0.5) is 4.79 Å². The first kappa shape index (κ1) is 24.5. The smallest absolute Gasteiger partial charge is 0.407 e. The minimum absolute atomic E-state index is 0. The van der Waals surface area contributed by atoms with Crippen LogP contribution in [0.25, 0.3) is 0 Å². The lowest BCUT2D eigenvalue weighted by molar-refractivity contribution is 0.0526. The van der Waals surface area contributed by atoms with Gasteiger partial charge in [-0.2, -0.15) is 0 Å². The van der Waals surface area contributed by atoms with E-state index in [2.05, 4.69) is 5.32 Å². The Bertz CT molecular complexity index is 1010. The van der Waals surface area contributed by atoms with Gasteiger partial charge in [0.1, 0.15) is 23.7 Å². The lowest BCUT2D eigenvalue weighted by Crippen LogP contribution is -2.33. The molecule has 2 aromatic carbocycles. The van der Waals surface area contributed by atoms with Crippen LogP contribution in [-0.2, 0) is 21.2 Å². The van der Waals surface area contributed by atoms with E-state index in [4.69, 9.17) is 14.2 Å². The minimum Gasteiger partial charge on any atom is -0.492 e. The Morgan fingerprint density at radius 1 is 1.10 bits per heavy atom. The summed E-state index contributed by atoms with van der Waals surface area (Å²) in [5, 5.41) is 2.69. The summed E-state index contributed by atoms with van der Waals surface area (Å²) in [5.41, 5.74) is 0.0812. The Balaban J connectivity index is 0.00000341. The molecule has 3 rings (SSSR count). The van der Waals surface area contributed by atoms with Crippen LogP contribution in [-0.4, -0.2) is 33.3 Å². The molecule has 7 nitrogen and oxygen atoms in total. The maximum atomic E-state index is 13.2. The van der Waals surface area contributed by atoms with Crippen LogP contribution in [0.1, 0.15) is 46.6 Å². The number of amides is 1. The molecule has 8 heteroatoms. The van der Waals surface area contributed by atoms with E-state index in [1.165, 1.54) is 0 Å². The van der Waals surface area contributed by atoms with E-state index < -0.39 is 21.5 Å². The highest BCUT2D eigenvalue weighted by Crippen LogP contribution is 2.40. The summed E-state index contributed by atoms with van der Waals surface area (Å²) in [6, 6.07) is 11.8. The van der Waals surface area contributed by atoms with E-state index in [-0.39, 0.29) is 35.3 Å². The molecule has 0 fully saturated rings. The van der Waals surface area contributed by atoms with Gasteiger partial charge in [-0.15, -0.1) is 0 Å². The van der Waals surface area contributed by atoms with Crippen molar-refractivity contribution in [3.63, 3.8) is 0 Å². The molecule has 0 aromatic heterocycles. The van der Waals surface area contributed by atoms with Crippen molar-refractivity contribution >= 4 is 15.9 Å². The van der Waals surface area contributed by atoms with Crippen LogP contribution in [0.15, 0.2) is 52.3 Å². The predicted octanol–water partition coefficient (Wildman–Crippen LogP) is 4.73. The van der Waals surface area contributed by atoms with Crippen LogP contribution >= 0.6 is 0 Å². The third kappa shape index (κ3) is 6.13. The molecule has 31 heavy (non-hydrogen) atoms. The largest absolute Gasteiger partial charge is 0.492 e. The van der Waals surface area contributed by atoms with Gasteiger partial charge in [-0.25, -0.2) is 13.2 Å². The van der Waals surface area contributed by atoms with Gasteiger partial charge in [0.15, 0.2) is 4.90 Å². The summed E-state index contributed by atoms with van der Waals surface area (Å²) in [5.74, 6) is 0.555. The number of hydrogen-bond donors (Lipinski definition) is 1. The molecule has 1 amide bonds. The van der Waals surface area contributed by atoms with Gasteiger partial charge in [-0.3, -0.25) is 0 Å². The third-order valence-corrected chi connectivity index (χ3v) is 6.27. The number of rotatable bonds is 6. The number of alkyl carbamates (subject to hydrolysis) is 1. The topological polar surface area (TPSA) is 90.9 Å². The number of carbonyl (C=O) groups excluding carboxylic acids is 1. The summed E-state index contributed by atoms with van der Waals surface area (Å²) in [6.45, 7) is 6.35. The van der Waals surface area contributed by atoms with Crippen molar-refractivity contribution in [1.29, 1.82) is 0 Å². The Labute approximate surface area is 184 Å². The van der Waals surface area contributed by atoms with Gasteiger partial charge in [-0.05, 0) is 51.8 Å². The highest BCUT2D eigenvalue weighted by atomic mass is 32.2. The zero-order valence-corrected chi connectivity index (χ0v) is 18.3. The molecule has 170 valence electrons. The quantitative estimate of drug-likeness (QED) is 0.641. The zero-order chi connectivity index (χ0) is 21.8. The van der Waals surface area contributed by atoms with Gasteiger partial charge in [0, 0.05) is 12.1 Å². The first-order chi connectivity index (χ1) is 14.2. The molecule has 1 aliphatic rings.